The van der Waals surface area contributed by atoms with Gasteiger partial charge in [0.05, 0.1) is 0 Å². The van der Waals surface area contributed by atoms with Crippen molar-refractivity contribution < 1.29 is 5.11 Å². The van der Waals surface area contributed by atoms with E-state index in [-0.39, 0.29) is 18.4 Å². The van der Waals surface area contributed by atoms with Crippen molar-refractivity contribution in [1.82, 2.24) is 0 Å². The standard InChI is InChI=1S/C10H13NO.ClH/c11-10(7-4-5-7)8-2-1-3-9(12)6-8;/h1-3,6-7,10,12H,4-5,11H2;1H/t10-;/m0./s1. The number of phenolic OH excluding ortho intramolecular Hbond substituents is 1. The average Bonchev–Trinajstić information content (AvgIpc) is 2.85. The summed E-state index contributed by atoms with van der Waals surface area (Å²) in [5, 5.41) is 9.21. The lowest BCUT2D eigenvalue weighted by atomic mass is 10.0. The van der Waals surface area contributed by atoms with Crippen molar-refractivity contribution in [3.05, 3.63) is 29.8 Å². The Morgan fingerprint density at radius 2 is 2.08 bits per heavy atom. The molecule has 2 nitrogen and oxygen atoms in total. The Kier molecular flexibility index (Phi) is 3.17. The van der Waals surface area contributed by atoms with Crippen molar-refractivity contribution in [3.63, 3.8) is 0 Å². The molecule has 1 aromatic rings. The Labute approximate surface area is 84.2 Å². The highest BCUT2D eigenvalue weighted by Crippen LogP contribution is 2.39. The molecular formula is C10H14ClNO. The summed E-state index contributed by atoms with van der Waals surface area (Å²) in [7, 11) is 0. The quantitative estimate of drug-likeness (QED) is 0.768. The van der Waals surface area contributed by atoms with Crippen molar-refractivity contribution in [3.8, 4) is 5.75 Å². The second-order valence-corrected chi connectivity index (χ2v) is 3.46. The van der Waals surface area contributed by atoms with E-state index < -0.39 is 0 Å². The molecule has 1 atom stereocenters. The van der Waals surface area contributed by atoms with Gasteiger partial charge in [0.25, 0.3) is 0 Å². The molecule has 1 aliphatic carbocycles. The summed E-state index contributed by atoms with van der Waals surface area (Å²) < 4.78 is 0. The topological polar surface area (TPSA) is 46.2 Å². The van der Waals surface area contributed by atoms with Gasteiger partial charge in [0.15, 0.2) is 0 Å². The van der Waals surface area contributed by atoms with Crippen LogP contribution in [0.5, 0.6) is 5.75 Å². The minimum absolute atomic E-state index is 0. The maximum absolute atomic E-state index is 9.21. The molecule has 1 aliphatic rings. The molecule has 3 heteroatoms. The van der Waals surface area contributed by atoms with E-state index in [9.17, 15) is 5.11 Å². The predicted octanol–water partition coefficient (Wildman–Crippen LogP) is 2.22. The van der Waals surface area contributed by atoms with Gasteiger partial charge in [-0.15, -0.1) is 12.4 Å². The molecule has 0 aromatic heterocycles. The van der Waals surface area contributed by atoms with Crippen LogP contribution >= 0.6 is 12.4 Å². The number of rotatable bonds is 2. The summed E-state index contributed by atoms with van der Waals surface area (Å²) in [4.78, 5) is 0. The molecule has 0 radical (unpaired) electrons. The number of hydrogen-bond acceptors (Lipinski definition) is 2. The molecule has 3 N–H and O–H groups in total. The molecule has 0 aliphatic heterocycles. The number of halogens is 1. The van der Waals surface area contributed by atoms with E-state index in [0.29, 0.717) is 11.7 Å². The van der Waals surface area contributed by atoms with Crippen LogP contribution in [-0.4, -0.2) is 5.11 Å². The Hall–Kier alpha value is -0.730. The van der Waals surface area contributed by atoms with Gasteiger partial charge in [0.2, 0.25) is 0 Å². The first-order chi connectivity index (χ1) is 5.77. The van der Waals surface area contributed by atoms with Crippen LogP contribution in [0.3, 0.4) is 0 Å². The van der Waals surface area contributed by atoms with Crippen molar-refractivity contribution in [2.45, 2.75) is 18.9 Å². The highest BCUT2D eigenvalue weighted by Gasteiger charge is 2.29. The fourth-order valence-corrected chi connectivity index (χ4v) is 1.46. The summed E-state index contributed by atoms with van der Waals surface area (Å²) >= 11 is 0. The third-order valence-electron chi connectivity index (χ3n) is 2.38. The van der Waals surface area contributed by atoms with E-state index in [0.717, 1.165) is 5.56 Å². The molecule has 0 spiro atoms. The molecule has 0 amide bonds. The van der Waals surface area contributed by atoms with Gasteiger partial charge < -0.3 is 10.8 Å². The highest BCUT2D eigenvalue weighted by molar-refractivity contribution is 5.85. The van der Waals surface area contributed by atoms with E-state index in [1.807, 2.05) is 12.1 Å². The summed E-state index contributed by atoms with van der Waals surface area (Å²) in [5.41, 5.74) is 7.01. The molecule has 1 aromatic carbocycles. The van der Waals surface area contributed by atoms with Gasteiger partial charge >= 0.3 is 0 Å². The second-order valence-electron chi connectivity index (χ2n) is 3.46. The highest BCUT2D eigenvalue weighted by atomic mass is 35.5. The van der Waals surface area contributed by atoms with Gasteiger partial charge in [-0.2, -0.15) is 0 Å². The zero-order valence-electron chi connectivity index (χ0n) is 7.31. The monoisotopic (exact) mass is 199 g/mol. The lowest BCUT2D eigenvalue weighted by molar-refractivity contribution is 0.473. The molecule has 0 bridgehead atoms. The smallest absolute Gasteiger partial charge is 0.115 e. The first kappa shape index (κ1) is 10.4. The van der Waals surface area contributed by atoms with E-state index in [4.69, 9.17) is 5.73 Å². The van der Waals surface area contributed by atoms with Gasteiger partial charge in [-0.3, -0.25) is 0 Å². The fraction of sp³-hybridized carbons (Fsp3) is 0.400. The normalized spacial score (nSPS) is 17.6. The minimum atomic E-state index is 0. The van der Waals surface area contributed by atoms with Gasteiger partial charge in [0.1, 0.15) is 5.75 Å². The number of phenols is 1. The maximum atomic E-state index is 9.21. The zero-order chi connectivity index (χ0) is 8.55. The van der Waals surface area contributed by atoms with Crippen LogP contribution < -0.4 is 5.73 Å². The van der Waals surface area contributed by atoms with E-state index in [1.54, 1.807) is 12.1 Å². The van der Waals surface area contributed by atoms with Crippen molar-refractivity contribution in [2.24, 2.45) is 11.7 Å². The molecule has 72 valence electrons. The van der Waals surface area contributed by atoms with Gasteiger partial charge in [0, 0.05) is 6.04 Å². The van der Waals surface area contributed by atoms with E-state index >= 15 is 0 Å². The van der Waals surface area contributed by atoms with Crippen LogP contribution in [0.25, 0.3) is 0 Å². The van der Waals surface area contributed by atoms with Gasteiger partial charge in [-0.1, -0.05) is 12.1 Å². The molecular weight excluding hydrogens is 186 g/mol. The van der Waals surface area contributed by atoms with E-state index in [2.05, 4.69) is 0 Å². The average molecular weight is 200 g/mol. The summed E-state index contributed by atoms with van der Waals surface area (Å²) in [5.74, 6) is 0.954. The lowest BCUT2D eigenvalue weighted by Crippen LogP contribution is -2.11. The SMILES string of the molecule is Cl.N[C@H](c1cccc(O)c1)C1CC1. The summed E-state index contributed by atoms with van der Waals surface area (Å²) in [6.07, 6.45) is 2.47. The summed E-state index contributed by atoms with van der Waals surface area (Å²) in [6, 6.07) is 7.36. The molecule has 2 rings (SSSR count). The lowest BCUT2D eigenvalue weighted by Gasteiger charge is -2.10. The molecule has 13 heavy (non-hydrogen) atoms. The fourth-order valence-electron chi connectivity index (χ4n) is 1.46. The Balaban J connectivity index is 0.000000845. The van der Waals surface area contributed by atoms with Crippen LogP contribution in [0.15, 0.2) is 24.3 Å². The number of hydrogen-bond donors (Lipinski definition) is 2. The Bertz CT molecular complexity index is 286. The molecule has 0 unspecified atom stereocenters. The van der Waals surface area contributed by atoms with Gasteiger partial charge in [-0.25, -0.2) is 0 Å². The Morgan fingerprint density at radius 1 is 1.38 bits per heavy atom. The maximum Gasteiger partial charge on any atom is 0.115 e. The van der Waals surface area contributed by atoms with Crippen LogP contribution in [0, 0.1) is 5.92 Å². The Morgan fingerprint density at radius 3 is 2.62 bits per heavy atom. The largest absolute Gasteiger partial charge is 0.508 e. The molecule has 1 fully saturated rings. The summed E-state index contributed by atoms with van der Waals surface area (Å²) in [6.45, 7) is 0. The van der Waals surface area contributed by atoms with Crippen molar-refractivity contribution in [1.29, 1.82) is 0 Å². The third-order valence-corrected chi connectivity index (χ3v) is 2.38. The van der Waals surface area contributed by atoms with Gasteiger partial charge in [-0.05, 0) is 36.5 Å². The third kappa shape index (κ3) is 2.36. The van der Waals surface area contributed by atoms with Crippen LogP contribution in [-0.2, 0) is 0 Å². The molecule has 0 saturated heterocycles. The number of nitrogens with two attached hydrogens (primary N) is 1. The van der Waals surface area contributed by atoms with Crippen molar-refractivity contribution in [2.75, 3.05) is 0 Å². The minimum Gasteiger partial charge on any atom is -0.508 e. The van der Waals surface area contributed by atoms with Crippen LogP contribution in [0.1, 0.15) is 24.4 Å². The molecule has 1 saturated carbocycles. The number of aromatic hydroxyl groups is 1. The first-order valence-corrected chi connectivity index (χ1v) is 4.32. The second kappa shape index (κ2) is 3.99. The number of benzene rings is 1. The van der Waals surface area contributed by atoms with Crippen LogP contribution in [0.2, 0.25) is 0 Å². The zero-order valence-corrected chi connectivity index (χ0v) is 8.13. The van der Waals surface area contributed by atoms with E-state index in [1.165, 1.54) is 12.8 Å². The first-order valence-electron chi connectivity index (χ1n) is 4.32. The van der Waals surface area contributed by atoms with Crippen molar-refractivity contribution >= 4 is 12.4 Å². The molecule has 0 heterocycles. The predicted molar refractivity (Wildman–Crippen MR) is 55.0 cm³/mol. The van der Waals surface area contributed by atoms with Crippen LogP contribution in [0.4, 0.5) is 0 Å².